The number of nitrogens with two attached hydrogens (primary N) is 1. The van der Waals surface area contributed by atoms with Crippen LogP contribution in [0.15, 0.2) is 18.2 Å². The molecule has 0 bridgehead atoms. The molecule has 1 aromatic rings. The zero-order valence-electron chi connectivity index (χ0n) is 8.55. The van der Waals surface area contributed by atoms with Crippen molar-refractivity contribution in [1.29, 1.82) is 0 Å². The maximum atomic E-state index is 10.8. The van der Waals surface area contributed by atoms with Gasteiger partial charge in [-0.15, -0.1) is 0 Å². The first-order valence-corrected chi connectivity index (χ1v) is 4.68. The lowest BCUT2D eigenvalue weighted by molar-refractivity contribution is -0.385. The van der Waals surface area contributed by atoms with Gasteiger partial charge in [0, 0.05) is 13.0 Å². The Kier molecular flexibility index (Phi) is 4.49. The summed E-state index contributed by atoms with van der Waals surface area (Å²) in [5, 5.41) is 19.4. The van der Waals surface area contributed by atoms with Crippen LogP contribution in [0.25, 0.3) is 0 Å². The van der Waals surface area contributed by atoms with E-state index in [9.17, 15) is 10.1 Å². The number of nitrogens with one attached hydrogen (secondary N) is 1. The van der Waals surface area contributed by atoms with Gasteiger partial charge in [0.1, 0.15) is 5.69 Å². The van der Waals surface area contributed by atoms with E-state index < -0.39 is 4.92 Å². The highest BCUT2D eigenvalue weighted by atomic mass is 16.6. The number of anilines is 1. The van der Waals surface area contributed by atoms with Gasteiger partial charge < -0.3 is 15.3 Å². The first kappa shape index (κ1) is 12.2. The summed E-state index contributed by atoms with van der Waals surface area (Å²) in [7, 11) is 0. The Morgan fingerprint density at radius 3 is 2.88 bits per heavy atom. The quantitative estimate of drug-likeness (QED) is 0.284. The smallest absolute Gasteiger partial charge is 0.335 e. The largest absolute Gasteiger partial charge is 0.487 e. The molecule has 88 valence electrons. The minimum Gasteiger partial charge on any atom is -0.487 e. The second kappa shape index (κ2) is 5.89. The number of aliphatic hydroxyl groups is 1. The van der Waals surface area contributed by atoms with Gasteiger partial charge in [0.25, 0.3) is 0 Å². The Morgan fingerprint density at radius 2 is 2.31 bits per heavy atom. The number of hydrogen-bond donors (Lipinski definition) is 3. The molecule has 7 heteroatoms. The fourth-order valence-corrected chi connectivity index (χ4v) is 1.19. The standard InChI is InChI=1S/C9H13N3O4/c10-11-7-3-1-4-8(9(7)12(14)15)16-6-2-5-13/h1,3-4,11,13H,2,5-6,10H2. The number of nitro groups is 1. The molecule has 7 nitrogen and oxygen atoms in total. The highest BCUT2D eigenvalue weighted by Gasteiger charge is 2.20. The second-order valence-corrected chi connectivity index (χ2v) is 2.98. The fraction of sp³-hybridized carbons (Fsp3) is 0.333. The minimum absolute atomic E-state index is 0.0252. The normalized spacial score (nSPS) is 9.88. The summed E-state index contributed by atoms with van der Waals surface area (Å²) in [6.45, 7) is 0.188. The molecule has 0 amide bonds. The van der Waals surface area contributed by atoms with Gasteiger partial charge in [-0.1, -0.05) is 6.07 Å². The summed E-state index contributed by atoms with van der Waals surface area (Å²) in [5.74, 6) is 5.30. The summed E-state index contributed by atoms with van der Waals surface area (Å²) in [5.41, 5.74) is 2.22. The molecule has 0 aromatic heterocycles. The molecule has 0 unspecified atom stereocenters. The summed E-state index contributed by atoms with van der Waals surface area (Å²) in [6.07, 6.45) is 0.414. The maximum Gasteiger partial charge on any atom is 0.335 e. The summed E-state index contributed by atoms with van der Waals surface area (Å²) >= 11 is 0. The third-order valence-electron chi connectivity index (χ3n) is 1.90. The third kappa shape index (κ3) is 2.81. The van der Waals surface area contributed by atoms with Crippen molar-refractivity contribution in [2.45, 2.75) is 6.42 Å². The van der Waals surface area contributed by atoms with E-state index in [0.717, 1.165) is 0 Å². The number of hydrazine groups is 1. The summed E-state index contributed by atoms with van der Waals surface area (Å²) < 4.78 is 5.18. The SMILES string of the molecule is NNc1cccc(OCCCO)c1[N+](=O)[O-]. The van der Waals surface area contributed by atoms with Gasteiger partial charge in [0.2, 0.25) is 0 Å². The Labute approximate surface area is 91.9 Å². The van der Waals surface area contributed by atoms with Gasteiger partial charge in [0.05, 0.1) is 11.5 Å². The number of aliphatic hydroxyl groups excluding tert-OH is 1. The molecule has 0 aliphatic rings. The summed E-state index contributed by atoms with van der Waals surface area (Å²) in [4.78, 5) is 10.2. The van der Waals surface area contributed by atoms with Crippen LogP contribution in [-0.4, -0.2) is 23.2 Å². The van der Waals surface area contributed by atoms with Crippen molar-refractivity contribution in [3.05, 3.63) is 28.3 Å². The summed E-state index contributed by atoms with van der Waals surface area (Å²) in [6, 6.07) is 4.56. The number of hydrogen-bond acceptors (Lipinski definition) is 6. The van der Waals surface area contributed by atoms with Crippen LogP contribution in [0.2, 0.25) is 0 Å². The number of nitro benzene ring substituents is 1. The molecular weight excluding hydrogens is 214 g/mol. The van der Waals surface area contributed by atoms with Crippen LogP contribution >= 0.6 is 0 Å². The third-order valence-corrected chi connectivity index (χ3v) is 1.90. The van der Waals surface area contributed by atoms with Crippen LogP contribution < -0.4 is 16.0 Å². The van der Waals surface area contributed by atoms with E-state index in [1.165, 1.54) is 12.1 Å². The number of para-hydroxylation sites is 1. The lowest BCUT2D eigenvalue weighted by atomic mass is 10.2. The van der Waals surface area contributed by atoms with Gasteiger partial charge in [-0.05, 0) is 12.1 Å². The average Bonchev–Trinajstić information content (AvgIpc) is 2.28. The van der Waals surface area contributed by atoms with Crippen molar-refractivity contribution in [3.63, 3.8) is 0 Å². The molecule has 0 aliphatic carbocycles. The number of nitrogens with zero attached hydrogens (tertiary/aromatic N) is 1. The Bertz CT molecular complexity index is 370. The molecule has 4 N–H and O–H groups in total. The van der Waals surface area contributed by atoms with E-state index in [4.69, 9.17) is 15.7 Å². The molecule has 0 aliphatic heterocycles. The second-order valence-electron chi connectivity index (χ2n) is 2.98. The van der Waals surface area contributed by atoms with Gasteiger partial charge >= 0.3 is 5.69 Å². The van der Waals surface area contributed by atoms with Crippen LogP contribution in [-0.2, 0) is 0 Å². The molecule has 1 rings (SSSR count). The van der Waals surface area contributed by atoms with Gasteiger partial charge in [-0.25, -0.2) is 0 Å². The van der Waals surface area contributed by atoms with Crippen molar-refractivity contribution < 1.29 is 14.8 Å². The van der Waals surface area contributed by atoms with Crippen molar-refractivity contribution in [3.8, 4) is 5.75 Å². The van der Waals surface area contributed by atoms with Crippen molar-refractivity contribution in [2.75, 3.05) is 18.6 Å². The van der Waals surface area contributed by atoms with E-state index in [1.807, 2.05) is 0 Å². The fourth-order valence-electron chi connectivity index (χ4n) is 1.19. The van der Waals surface area contributed by atoms with Crippen LogP contribution in [0.1, 0.15) is 6.42 Å². The van der Waals surface area contributed by atoms with E-state index in [2.05, 4.69) is 5.43 Å². The van der Waals surface area contributed by atoms with E-state index >= 15 is 0 Å². The Hall–Kier alpha value is -1.86. The molecule has 0 spiro atoms. The van der Waals surface area contributed by atoms with E-state index in [-0.39, 0.29) is 30.3 Å². The Balaban J connectivity index is 2.93. The molecule has 0 radical (unpaired) electrons. The lowest BCUT2D eigenvalue weighted by Gasteiger charge is -2.08. The highest BCUT2D eigenvalue weighted by Crippen LogP contribution is 2.34. The molecule has 0 fully saturated rings. The van der Waals surface area contributed by atoms with Crippen molar-refractivity contribution in [1.82, 2.24) is 0 Å². The van der Waals surface area contributed by atoms with Gasteiger partial charge in [-0.2, -0.15) is 0 Å². The monoisotopic (exact) mass is 227 g/mol. The van der Waals surface area contributed by atoms with Crippen molar-refractivity contribution >= 4 is 11.4 Å². The molecule has 16 heavy (non-hydrogen) atoms. The van der Waals surface area contributed by atoms with Crippen LogP contribution in [0.5, 0.6) is 5.75 Å². The topological polar surface area (TPSA) is 111 Å². The zero-order valence-corrected chi connectivity index (χ0v) is 8.55. The van der Waals surface area contributed by atoms with Gasteiger partial charge in [-0.3, -0.25) is 16.0 Å². The number of nitrogen functional groups attached to an aromatic ring is 1. The predicted molar refractivity (Wildman–Crippen MR) is 58.1 cm³/mol. The Morgan fingerprint density at radius 1 is 1.56 bits per heavy atom. The van der Waals surface area contributed by atoms with Gasteiger partial charge in [0.15, 0.2) is 5.75 Å². The van der Waals surface area contributed by atoms with E-state index in [1.54, 1.807) is 6.07 Å². The molecular formula is C9H13N3O4. The molecule has 0 saturated heterocycles. The average molecular weight is 227 g/mol. The number of benzene rings is 1. The minimum atomic E-state index is -0.566. The molecule has 0 atom stereocenters. The van der Waals surface area contributed by atoms with Crippen LogP contribution in [0.3, 0.4) is 0 Å². The first-order chi connectivity index (χ1) is 7.70. The molecule has 0 saturated carbocycles. The molecule has 1 aromatic carbocycles. The zero-order chi connectivity index (χ0) is 12.0. The number of rotatable bonds is 6. The first-order valence-electron chi connectivity index (χ1n) is 4.68. The van der Waals surface area contributed by atoms with Crippen LogP contribution in [0, 0.1) is 10.1 Å². The predicted octanol–water partition coefficient (Wildman–Crippen LogP) is 0.642. The lowest BCUT2D eigenvalue weighted by Crippen LogP contribution is -2.10. The number of ether oxygens (including phenoxy) is 1. The van der Waals surface area contributed by atoms with E-state index in [0.29, 0.717) is 6.42 Å². The van der Waals surface area contributed by atoms with Crippen LogP contribution in [0.4, 0.5) is 11.4 Å². The van der Waals surface area contributed by atoms with Crippen molar-refractivity contribution in [2.24, 2.45) is 5.84 Å². The highest BCUT2D eigenvalue weighted by molar-refractivity contribution is 5.67. The molecule has 0 heterocycles. The maximum absolute atomic E-state index is 10.8.